The summed E-state index contributed by atoms with van der Waals surface area (Å²) in [4.78, 5) is 10.2. The number of aromatic nitrogens is 2. The topological polar surface area (TPSA) is 47.0 Å². The molecule has 1 N–H and O–H groups in total. The van der Waals surface area contributed by atoms with Crippen LogP contribution >= 0.6 is 0 Å². The van der Waals surface area contributed by atoms with Gasteiger partial charge in [-0.25, -0.2) is 9.97 Å². The second-order valence-corrected chi connectivity index (χ2v) is 7.66. The average Bonchev–Trinajstić information content (AvgIpc) is 2.76. The molecule has 4 heteroatoms. The van der Waals surface area contributed by atoms with E-state index in [4.69, 9.17) is 14.7 Å². The van der Waals surface area contributed by atoms with Gasteiger partial charge in [-0.15, -0.1) is 0 Å². The summed E-state index contributed by atoms with van der Waals surface area (Å²) in [5, 5.41) is 3.64. The molecule has 0 atom stereocenters. The molecule has 0 unspecified atom stereocenters. The Hall–Kier alpha value is -2.10. The lowest BCUT2D eigenvalue weighted by atomic mass is 9.86. The molecule has 1 aliphatic rings. The molecule has 0 amide bonds. The SMILES string of the molecule is CCc1nc(-c2ccc(OC)c3c2CCCC3)c(CC)nc1NC(CC)CC. The molecular formula is C24H35N3O. The van der Waals surface area contributed by atoms with Crippen molar-refractivity contribution in [3.63, 3.8) is 0 Å². The number of fused-ring (bicyclic) bond motifs is 1. The van der Waals surface area contributed by atoms with Crippen LogP contribution in [0, 0.1) is 0 Å². The quantitative estimate of drug-likeness (QED) is 0.632. The van der Waals surface area contributed by atoms with Crippen LogP contribution in [0.2, 0.25) is 0 Å². The highest BCUT2D eigenvalue weighted by molar-refractivity contribution is 5.71. The van der Waals surface area contributed by atoms with Crippen molar-refractivity contribution in [3.8, 4) is 17.0 Å². The monoisotopic (exact) mass is 381 g/mol. The summed E-state index contributed by atoms with van der Waals surface area (Å²) in [5.74, 6) is 1.99. The standard InChI is InChI=1S/C24H35N3O/c1-6-16(7-2)25-24-21(9-4)26-23(20(8-3)27-24)19-14-15-22(28-5)18-13-11-10-12-17(18)19/h14-16H,6-13H2,1-5H3,(H,25,27). The molecule has 3 rings (SSSR count). The molecule has 0 aliphatic heterocycles. The van der Waals surface area contributed by atoms with Crippen molar-refractivity contribution >= 4 is 5.82 Å². The first-order chi connectivity index (χ1) is 13.7. The second-order valence-electron chi connectivity index (χ2n) is 7.66. The summed E-state index contributed by atoms with van der Waals surface area (Å²) in [6, 6.07) is 4.76. The molecule has 1 heterocycles. The molecule has 0 bridgehead atoms. The molecule has 1 aromatic carbocycles. The number of methoxy groups -OCH3 is 1. The molecule has 0 radical (unpaired) electrons. The number of nitrogens with one attached hydrogen (secondary N) is 1. The van der Waals surface area contributed by atoms with Crippen molar-refractivity contribution in [2.45, 2.75) is 85.1 Å². The largest absolute Gasteiger partial charge is 0.496 e. The zero-order chi connectivity index (χ0) is 20.1. The summed E-state index contributed by atoms with van der Waals surface area (Å²) in [7, 11) is 1.77. The Morgan fingerprint density at radius 1 is 0.929 bits per heavy atom. The van der Waals surface area contributed by atoms with Crippen molar-refractivity contribution < 1.29 is 4.74 Å². The van der Waals surface area contributed by atoms with Gasteiger partial charge in [-0.3, -0.25) is 0 Å². The zero-order valence-corrected chi connectivity index (χ0v) is 18.2. The summed E-state index contributed by atoms with van der Waals surface area (Å²) < 4.78 is 5.65. The lowest BCUT2D eigenvalue weighted by Crippen LogP contribution is -2.20. The van der Waals surface area contributed by atoms with Gasteiger partial charge < -0.3 is 10.1 Å². The minimum Gasteiger partial charge on any atom is -0.496 e. The first-order valence-electron chi connectivity index (χ1n) is 11.0. The Balaban J connectivity index is 2.12. The Morgan fingerprint density at radius 2 is 1.61 bits per heavy atom. The van der Waals surface area contributed by atoms with Crippen LogP contribution in [0.25, 0.3) is 11.3 Å². The van der Waals surface area contributed by atoms with Gasteiger partial charge in [-0.05, 0) is 74.6 Å². The Kier molecular flexibility index (Phi) is 6.93. The molecular weight excluding hydrogens is 346 g/mol. The predicted octanol–water partition coefficient (Wildman–Crippen LogP) is 5.76. The Bertz CT molecular complexity index is 812. The van der Waals surface area contributed by atoms with Crippen molar-refractivity contribution in [2.24, 2.45) is 0 Å². The lowest BCUT2D eigenvalue weighted by molar-refractivity contribution is 0.406. The number of aryl methyl sites for hydroxylation is 2. The van der Waals surface area contributed by atoms with E-state index in [-0.39, 0.29) is 0 Å². The van der Waals surface area contributed by atoms with Crippen molar-refractivity contribution in [3.05, 3.63) is 34.6 Å². The van der Waals surface area contributed by atoms with Crippen molar-refractivity contribution in [1.82, 2.24) is 9.97 Å². The maximum atomic E-state index is 5.65. The molecule has 0 spiro atoms. The number of anilines is 1. The van der Waals surface area contributed by atoms with E-state index in [0.29, 0.717) is 6.04 Å². The van der Waals surface area contributed by atoms with Gasteiger partial charge in [0.1, 0.15) is 11.6 Å². The fourth-order valence-corrected chi connectivity index (χ4v) is 4.26. The number of ether oxygens (including phenoxy) is 1. The van der Waals surface area contributed by atoms with Gasteiger partial charge in [-0.1, -0.05) is 27.7 Å². The Morgan fingerprint density at radius 3 is 2.21 bits per heavy atom. The first kappa shape index (κ1) is 20.6. The fourth-order valence-electron chi connectivity index (χ4n) is 4.26. The second kappa shape index (κ2) is 9.40. The highest BCUT2D eigenvalue weighted by Gasteiger charge is 2.22. The van der Waals surface area contributed by atoms with E-state index in [0.717, 1.165) is 67.2 Å². The lowest BCUT2D eigenvalue weighted by Gasteiger charge is -2.24. The molecule has 0 saturated carbocycles. The van der Waals surface area contributed by atoms with Crippen LogP contribution in [0.5, 0.6) is 5.75 Å². The van der Waals surface area contributed by atoms with Gasteiger partial charge in [0.05, 0.1) is 24.2 Å². The molecule has 1 aromatic heterocycles. The van der Waals surface area contributed by atoms with Gasteiger partial charge in [0.15, 0.2) is 0 Å². The normalized spacial score (nSPS) is 13.5. The summed E-state index contributed by atoms with van der Waals surface area (Å²) in [6.45, 7) is 8.79. The maximum Gasteiger partial charge on any atom is 0.148 e. The van der Waals surface area contributed by atoms with Crippen molar-refractivity contribution in [2.75, 3.05) is 12.4 Å². The third-order valence-corrected chi connectivity index (χ3v) is 6.00. The van der Waals surface area contributed by atoms with E-state index in [1.165, 1.54) is 29.5 Å². The van der Waals surface area contributed by atoms with E-state index in [9.17, 15) is 0 Å². The van der Waals surface area contributed by atoms with Crippen LogP contribution in [0.15, 0.2) is 12.1 Å². The third kappa shape index (κ3) is 4.01. The Labute approximate surface area is 170 Å². The highest BCUT2D eigenvalue weighted by Crippen LogP contribution is 2.38. The van der Waals surface area contributed by atoms with Gasteiger partial charge in [0.2, 0.25) is 0 Å². The van der Waals surface area contributed by atoms with Gasteiger partial charge in [0, 0.05) is 11.6 Å². The molecule has 28 heavy (non-hydrogen) atoms. The van der Waals surface area contributed by atoms with Crippen molar-refractivity contribution in [1.29, 1.82) is 0 Å². The number of hydrogen-bond acceptors (Lipinski definition) is 4. The van der Waals surface area contributed by atoms with Gasteiger partial charge in [-0.2, -0.15) is 0 Å². The smallest absolute Gasteiger partial charge is 0.148 e. The first-order valence-corrected chi connectivity index (χ1v) is 11.0. The van der Waals surface area contributed by atoms with E-state index in [1.807, 2.05) is 0 Å². The predicted molar refractivity (Wildman–Crippen MR) is 117 cm³/mol. The molecule has 0 fully saturated rings. The molecule has 2 aromatic rings. The van der Waals surface area contributed by atoms with E-state index in [2.05, 4.69) is 45.1 Å². The van der Waals surface area contributed by atoms with Crippen LogP contribution in [-0.2, 0) is 25.7 Å². The summed E-state index contributed by atoms with van der Waals surface area (Å²) in [6.07, 6.45) is 8.61. The highest BCUT2D eigenvalue weighted by atomic mass is 16.5. The van der Waals surface area contributed by atoms with E-state index in [1.54, 1.807) is 7.11 Å². The van der Waals surface area contributed by atoms with Gasteiger partial charge in [0.25, 0.3) is 0 Å². The van der Waals surface area contributed by atoms with Crippen LogP contribution < -0.4 is 10.1 Å². The zero-order valence-electron chi connectivity index (χ0n) is 18.2. The molecule has 1 aliphatic carbocycles. The van der Waals surface area contributed by atoms with Crippen LogP contribution in [0.3, 0.4) is 0 Å². The minimum atomic E-state index is 0.448. The average molecular weight is 382 g/mol. The fraction of sp³-hybridized carbons (Fsp3) is 0.583. The summed E-state index contributed by atoms with van der Waals surface area (Å²) >= 11 is 0. The number of hydrogen-bond donors (Lipinski definition) is 1. The molecule has 0 saturated heterocycles. The minimum absolute atomic E-state index is 0.448. The van der Waals surface area contributed by atoms with Crippen LogP contribution in [-0.4, -0.2) is 23.1 Å². The van der Waals surface area contributed by atoms with E-state index >= 15 is 0 Å². The van der Waals surface area contributed by atoms with E-state index < -0.39 is 0 Å². The molecule has 152 valence electrons. The number of benzene rings is 1. The molecule has 4 nitrogen and oxygen atoms in total. The van der Waals surface area contributed by atoms with Crippen LogP contribution in [0.4, 0.5) is 5.82 Å². The number of rotatable bonds is 8. The summed E-state index contributed by atoms with van der Waals surface area (Å²) in [5.41, 5.74) is 7.26. The van der Waals surface area contributed by atoms with Gasteiger partial charge >= 0.3 is 0 Å². The maximum absolute atomic E-state index is 5.65. The third-order valence-electron chi connectivity index (χ3n) is 6.00. The number of nitrogens with zero attached hydrogens (tertiary/aromatic N) is 2. The van der Waals surface area contributed by atoms with Crippen LogP contribution in [0.1, 0.15) is 75.9 Å².